The third-order valence-electron chi connectivity index (χ3n) is 4.15. The van der Waals surface area contributed by atoms with Gasteiger partial charge < -0.3 is 15.0 Å². The van der Waals surface area contributed by atoms with Gasteiger partial charge in [0.15, 0.2) is 6.61 Å². The Morgan fingerprint density at radius 1 is 1.29 bits per heavy atom. The Bertz CT molecular complexity index is 578. The van der Waals surface area contributed by atoms with Crippen LogP contribution in [0, 0.1) is 0 Å². The number of benzene rings is 1. The Kier molecular flexibility index (Phi) is 6.23. The molecule has 1 aromatic carbocycles. The maximum Gasteiger partial charge on any atom is 0.257 e. The Labute approximate surface area is 144 Å². The summed E-state index contributed by atoms with van der Waals surface area (Å²) in [5, 5.41) is 2.85. The molecule has 132 valence electrons. The summed E-state index contributed by atoms with van der Waals surface area (Å²) in [7, 11) is 0. The first kappa shape index (κ1) is 18.3. The SMILES string of the molecule is CC(C)(C)c1ccccc1OCC(=O)NCCCN1CCCC1=O. The highest BCUT2D eigenvalue weighted by molar-refractivity contribution is 5.78. The summed E-state index contributed by atoms with van der Waals surface area (Å²) in [4.78, 5) is 25.3. The first-order valence-electron chi connectivity index (χ1n) is 8.65. The van der Waals surface area contributed by atoms with E-state index in [1.54, 1.807) is 0 Å². The standard InChI is InChI=1S/C19H28N2O3/c1-19(2,3)15-8-4-5-9-16(15)24-14-17(22)20-11-7-13-21-12-6-10-18(21)23/h4-5,8-9H,6-7,10-14H2,1-3H3,(H,20,22). The maximum absolute atomic E-state index is 11.9. The van der Waals surface area contributed by atoms with E-state index in [4.69, 9.17) is 4.74 Å². The Hall–Kier alpha value is -2.04. The van der Waals surface area contributed by atoms with Crippen molar-refractivity contribution in [2.75, 3.05) is 26.2 Å². The van der Waals surface area contributed by atoms with Crippen LogP contribution in [0.3, 0.4) is 0 Å². The van der Waals surface area contributed by atoms with Crippen LogP contribution in [-0.2, 0) is 15.0 Å². The van der Waals surface area contributed by atoms with Crippen molar-refractivity contribution in [3.63, 3.8) is 0 Å². The van der Waals surface area contributed by atoms with Gasteiger partial charge in [-0.3, -0.25) is 9.59 Å². The third kappa shape index (κ3) is 5.25. The summed E-state index contributed by atoms with van der Waals surface area (Å²) in [6.07, 6.45) is 2.38. The molecule has 0 aromatic heterocycles. The van der Waals surface area contributed by atoms with Crippen LogP contribution in [0.2, 0.25) is 0 Å². The predicted octanol–water partition coefficient (Wildman–Crippen LogP) is 2.49. The molecule has 1 fully saturated rings. The number of hydrogen-bond donors (Lipinski definition) is 1. The molecule has 1 aliphatic rings. The van der Waals surface area contributed by atoms with Crippen molar-refractivity contribution in [2.45, 2.75) is 45.4 Å². The summed E-state index contributed by atoms with van der Waals surface area (Å²) < 4.78 is 5.70. The van der Waals surface area contributed by atoms with E-state index in [-0.39, 0.29) is 23.8 Å². The second-order valence-corrected chi connectivity index (χ2v) is 7.22. The van der Waals surface area contributed by atoms with Crippen molar-refractivity contribution in [3.05, 3.63) is 29.8 Å². The van der Waals surface area contributed by atoms with E-state index < -0.39 is 0 Å². The van der Waals surface area contributed by atoms with Crippen LogP contribution in [0.1, 0.15) is 45.6 Å². The van der Waals surface area contributed by atoms with Crippen molar-refractivity contribution >= 4 is 11.8 Å². The van der Waals surface area contributed by atoms with Crippen molar-refractivity contribution in [3.8, 4) is 5.75 Å². The van der Waals surface area contributed by atoms with Crippen molar-refractivity contribution in [2.24, 2.45) is 0 Å². The van der Waals surface area contributed by atoms with Gasteiger partial charge in [0.05, 0.1) is 0 Å². The summed E-state index contributed by atoms with van der Waals surface area (Å²) in [5.41, 5.74) is 1.06. The molecular weight excluding hydrogens is 304 g/mol. The molecule has 0 unspecified atom stereocenters. The number of ether oxygens (including phenoxy) is 1. The average Bonchev–Trinajstić information content (AvgIpc) is 2.94. The van der Waals surface area contributed by atoms with Crippen LogP contribution in [0.15, 0.2) is 24.3 Å². The lowest BCUT2D eigenvalue weighted by Crippen LogP contribution is -2.33. The van der Waals surface area contributed by atoms with Gasteiger partial charge in [0.25, 0.3) is 5.91 Å². The van der Waals surface area contributed by atoms with Crippen LogP contribution in [0.25, 0.3) is 0 Å². The topological polar surface area (TPSA) is 58.6 Å². The maximum atomic E-state index is 11.9. The summed E-state index contributed by atoms with van der Waals surface area (Å²) in [6.45, 7) is 8.49. The Morgan fingerprint density at radius 3 is 2.71 bits per heavy atom. The van der Waals surface area contributed by atoms with Gasteiger partial charge >= 0.3 is 0 Å². The smallest absolute Gasteiger partial charge is 0.257 e. The number of nitrogens with zero attached hydrogens (tertiary/aromatic N) is 1. The number of amides is 2. The molecule has 24 heavy (non-hydrogen) atoms. The van der Waals surface area contributed by atoms with E-state index in [0.29, 0.717) is 19.5 Å². The third-order valence-corrected chi connectivity index (χ3v) is 4.15. The second kappa shape index (κ2) is 8.18. The molecule has 0 saturated carbocycles. The lowest BCUT2D eigenvalue weighted by molar-refractivity contribution is -0.127. The number of para-hydroxylation sites is 1. The fourth-order valence-electron chi connectivity index (χ4n) is 2.84. The van der Waals surface area contributed by atoms with E-state index in [2.05, 4.69) is 26.1 Å². The van der Waals surface area contributed by atoms with E-state index in [9.17, 15) is 9.59 Å². The molecule has 1 N–H and O–H groups in total. The highest BCUT2D eigenvalue weighted by Crippen LogP contribution is 2.30. The molecule has 0 atom stereocenters. The zero-order valence-electron chi connectivity index (χ0n) is 14.9. The van der Waals surface area contributed by atoms with Gasteiger partial charge in [-0.2, -0.15) is 0 Å². The highest BCUT2D eigenvalue weighted by Gasteiger charge is 2.20. The molecule has 2 amide bonds. The quantitative estimate of drug-likeness (QED) is 0.781. The molecule has 1 heterocycles. The number of carbonyl (C=O) groups is 2. The summed E-state index contributed by atoms with van der Waals surface area (Å²) in [5.74, 6) is 0.845. The molecule has 1 aromatic rings. The van der Waals surface area contributed by atoms with Crippen LogP contribution in [-0.4, -0.2) is 43.0 Å². The number of rotatable bonds is 7. The minimum absolute atomic E-state index is 0.00966. The molecule has 1 saturated heterocycles. The average molecular weight is 332 g/mol. The van der Waals surface area contributed by atoms with Crippen molar-refractivity contribution < 1.29 is 14.3 Å². The number of nitrogens with one attached hydrogen (secondary N) is 1. The van der Waals surface area contributed by atoms with Crippen LogP contribution >= 0.6 is 0 Å². The van der Waals surface area contributed by atoms with Crippen LogP contribution in [0.4, 0.5) is 0 Å². The fraction of sp³-hybridized carbons (Fsp3) is 0.579. The molecule has 0 bridgehead atoms. The van der Waals surface area contributed by atoms with Gasteiger partial charge in [-0.05, 0) is 29.9 Å². The van der Waals surface area contributed by atoms with Crippen LogP contribution in [0.5, 0.6) is 5.75 Å². The molecule has 2 rings (SSSR count). The van der Waals surface area contributed by atoms with Crippen molar-refractivity contribution in [1.82, 2.24) is 10.2 Å². The van der Waals surface area contributed by atoms with Crippen molar-refractivity contribution in [1.29, 1.82) is 0 Å². The first-order valence-corrected chi connectivity index (χ1v) is 8.65. The van der Waals surface area contributed by atoms with Gasteiger partial charge in [-0.25, -0.2) is 0 Å². The lowest BCUT2D eigenvalue weighted by Gasteiger charge is -2.22. The minimum Gasteiger partial charge on any atom is -0.483 e. The molecule has 0 radical (unpaired) electrons. The van der Waals surface area contributed by atoms with Gasteiger partial charge in [0.1, 0.15) is 5.75 Å². The second-order valence-electron chi connectivity index (χ2n) is 7.22. The molecule has 5 heteroatoms. The Balaban J connectivity index is 1.71. The van der Waals surface area contributed by atoms with Gasteiger partial charge in [0, 0.05) is 26.1 Å². The number of likely N-dealkylation sites (tertiary alicyclic amines) is 1. The zero-order valence-corrected chi connectivity index (χ0v) is 14.9. The van der Waals surface area contributed by atoms with E-state index in [1.807, 2.05) is 29.2 Å². The lowest BCUT2D eigenvalue weighted by atomic mass is 9.86. The molecule has 5 nitrogen and oxygen atoms in total. The normalized spacial score (nSPS) is 14.8. The summed E-state index contributed by atoms with van der Waals surface area (Å²) in [6, 6.07) is 7.82. The molecule has 1 aliphatic heterocycles. The van der Waals surface area contributed by atoms with E-state index >= 15 is 0 Å². The first-order chi connectivity index (χ1) is 11.4. The molecular formula is C19H28N2O3. The monoisotopic (exact) mass is 332 g/mol. The number of hydrogen-bond acceptors (Lipinski definition) is 3. The predicted molar refractivity (Wildman–Crippen MR) is 94.1 cm³/mol. The van der Waals surface area contributed by atoms with Gasteiger partial charge in [0.2, 0.25) is 5.91 Å². The molecule has 0 aliphatic carbocycles. The van der Waals surface area contributed by atoms with Gasteiger partial charge in [-0.15, -0.1) is 0 Å². The minimum atomic E-state index is -0.133. The largest absolute Gasteiger partial charge is 0.483 e. The highest BCUT2D eigenvalue weighted by atomic mass is 16.5. The zero-order chi connectivity index (χ0) is 17.6. The van der Waals surface area contributed by atoms with E-state index in [0.717, 1.165) is 30.7 Å². The Morgan fingerprint density at radius 2 is 2.04 bits per heavy atom. The van der Waals surface area contributed by atoms with E-state index in [1.165, 1.54) is 0 Å². The molecule has 0 spiro atoms. The summed E-state index contributed by atoms with van der Waals surface area (Å²) >= 11 is 0. The fourth-order valence-corrected chi connectivity index (χ4v) is 2.84. The number of carbonyl (C=O) groups excluding carboxylic acids is 2. The van der Waals surface area contributed by atoms with Crippen LogP contribution < -0.4 is 10.1 Å². The van der Waals surface area contributed by atoms with Gasteiger partial charge in [-0.1, -0.05) is 39.0 Å².